The molecule has 0 bridgehead atoms. The van der Waals surface area contributed by atoms with Crippen molar-refractivity contribution in [3.63, 3.8) is 0 Å². The monoisotopic (exact) mass is 538 g/mol. The lowest BCUT2D eigenvalue weighted by molar-refractivity contribution is -0.142. The molecule has 0 heterocycles. The number of ether oxygens (including phenoxy) is 2. The van der Waals surface area contributed by atoms with Crippen LogP contribution in [0.2, 0.25) is 0 Å². The standard InChI is InChI=1S/C28H31BrN2O4/c1-19-13-24(14-20(2)27(19)29)35-18-26(32)31(17-22-11-8-12-23(15-22)34-4)25(28(33)30-3)16-21-9-6-5-7-10-21/h5-15,25H,16-18H2,1-4H3,(H,30,33)/t25-/m0/s1. The van der Waals surface area contributed by atoms with Crippen molar-refractivity contribution in [1.82, 2.24) is 10.2 Å². The number of carbonyl (C=O) groups is 2. The minimum Gasteiger partial charge on any atom is -0.497 e. The number of nitrogens with one attached hydrogen (secondary N) is 1. The molecule has 3 rings (SSSR count). The summed E-state index contributed by atoms with van der Waals surface area (Å²) in [4.78, 5) is 28.1. The summed E-state index contributed by atoms with van der Waals surface area (Å²) in [6.45, 7) is 4.00. The molecule has 3 aromatic rings. The molecule has 35 heavy (non-hydrogen) atoms. The van der Waals surface area contributed by atoms with Crippen LogP contribution in [0.15, 0.2) is 71.2 Å². The summed E-state index contributed by atoms with van der Waals surface area (Å²) in [5.74, 6) is 0.778. The van der Waals surface area contributed by atoms with E-state index in [2.05, 4.69) is 21.2 Å². The molecule has 0 aliphatic rings. The summed E-state index contributed by atoms with van der Waals surface area (Å²) in [5, 5.41) is 2.72. The summed E-state index contributed by atoms with van der Waals surface area (Å²) in [7, 11) is 3.18. The van der Waals surface area contributed by atoms with E-state index in [-0.39, 0.29) is 25.0 Å². The van der Waals surface area contributed by atoms with E-state index in [0.29, 0.717) is 17.9 Å². The highest BCUT2D eigenvalue weighted by molar-refractivity contribution is 9.10. The largest absolute Gasteiger partial charge is 0.497 e. The zero-order valence-corrected chi connectivity index (χ0v) is 22.1. The Morgan fingerprint density at radius 3 is 2.23 bits per heavy atom. The number of amides is 2. The number of hydrogen-bond acceptors (Lipinski definition) is 4. The molecule has 6 nitrogen and oxygen atoms in total. The van der Waals surface area contributed by atoms with Crippen LogP contribution in [0, 0.1) is 13.8 Å². The Hall–Kier alpha value is -3.32. The van der Waals surface area contributed by atoms with E-state index in [4.69, 9.17) is 9.47 Å². The Kier molecular flexibility index (Phi) is 9.32. The lowest BCUT2D eigenvalue weighted by Gasteiger charge is -2.31. The number of halogens is 1. The van der Waals surface area contributed by atoms with Crippen LogP contribution in [0.3, 0.4) is 0 Å². The van der Waals surface area contributed by atoms with Gasteiger partial charge < -0.3 is 19.7 Å². The topological polar surface area (TPSA) is 67.9 Å². The van der Waals surface area contributed by atoms with Gasteiger partial charge in [-0.1, -0.05) is 58.4 Å². The zero-order valence-electron chi connectivity index (χ0n) is 20.5. The quantitative estimate of drug-likeness (QED) is 0.401. The van der Waals surface area contributed by atoms with Crippen molar-refractivity contribution in [1.29, 1.82) is 0 Å². The van der Waals surface area contributed by atoms with E-state index in [1.807, 2.05) is 80.6 Å². The number of methoxy groups -OCH3 is 1. The fraction of sp³-hybridized carbons (Fsp3) is 0.286. The molecule has 0 aromatic heterocycles. The summed E-state index contributed by atoms with van der Waals surface area (Å²) >= 11 is 3.55. The average molecular weight is 539 g/mol. The lowest BCUT2D eigenvalue weighted by Crippen LogP contribution is -2.51. The third-order valence-corrected chi connectivity index (χ3v) is 7.03. The number of likely N-dealkylation sites (N-methyl/N-ethyl adjacent to an activating group) is 1. The molecule has 0 fully saturated rings. The molecule has 0 unspecified atom stereocenters. The second-order valence-corrected chi connectivity index (χ2v) is 9.15. The van der Waals surface area contributed by atoms with Crippen LogP contribution >= 0.6 is 15.9 Å². The van der Waals surface area contributed by atoms with Gasteiger partial charge in [-0.3, -0.25) is 9.59 Å². The van der Waals surface area contributed by atoms with Gasteiger partial charge in [-0.15, -0.1) is 0 Å². The van der Waals surface area contributed by atoms with Crippen molar-refractivity contribution < 1.29 is 19.1 Å². The van der Waals surface area contributed by atoms with Crippen LogP contribution in [0.25, 0.3) is 0 Å². The van der Waals surface area contributed by atoms with Gasteiger partial charge in [-0.05, 0) is 60.4 Å². The summed E-state index contributed by atoms with van der Waals surface area (Å²) in [5.41, 5.74) is 3.86. The molecule has 0 saturated heterocycles. The van der Waals surface area contributed by atoms with Crippen molar-refractivity contribution in [2.24, 2.45) is 0 Å². The van der Waals surface area contributed by atoms with Gasteiger partial charge in [0.2, 0.25) is 5.91 Å². The van der Waals surface area contributed by atoms with E-state index in [0.717, 1.165) is 26.7 Å². The maximum Gasteiger partial charge on any atom is 0.261 e. The van der Waals surface area contributed by atoms with E-state index in [9.17, 15) is 9.59 Å². The van der Waals surface area contributed by atoms with Gasteiger partial charge in [0.15, 0.2) is 6.61 Å². The predicted octanol–water partition coefficient (Wildman–Crippen LogP) is 4.84. The molecular weight excluding hydrogens is 508 g/mol. The first-order valence-corrected chi connectivity index (χ1v) is 12.2. The summed E-state index contributed by atoms with van der Waals surface area (Å²) in [6.07, 6.45) is 0.382. The predicted molar refractivity (Wildman–Crippen MR) is 141 cm³/mol. The van der Waals surface area contributed by atoms with Crippen molar-refractivity contribution in [2.75, 3.05) is 20.8 Å². The number of benzene rings is 3. The Balaban J connectivity index is 1.90. The number of aryl methyl sites for hydroxylation is 2. The molecular formula is C28H31BrN2O4. The second-order valence-electron chi connectivity index (χ2n) is 8.35. The maximum atomic E-state index is 13.5. The fourth-order valence-corrected chi connectivity index (χ4v) is 4.13. The Morgan fingerprint density at radius 1 is 0.943 bits per heavy atom. The third kappa shape index (κ3) is 7.09. The van der Waals surface area contributed by atoms with Crippen molar-refractivity contribution in [3.05, 3.63) is 93.5 Å². The van der Waals surface area contributed by atoms with E-state index in [1.54, 1.807) is 19.1 Å². The minimum atomic E-state index is -0.710. The maximum absolute atomic E-state index is 13.5. The number of rotatable bonds is 10. The second kappa shape index (κ2) is 12.4. The lowest BCUT2D eigenvalue weighted by atomic mass is 10.0. The van der Waals surface area contributed by atoms with E-state index >= 15 is 0 Å². The highest BCUT2D eigenvalue weighted by Gasteiger charge is 2.30. The van der Waals surface area contributed by atoms with Gasteiger partial charge in [0.05, 0.1) is 7.11 Å². The van der Waals surface area contributed by atoms with Crippen LogP contribution in [-0.2, 0) is 22.6 Å². The van der Waals surface area contributed by atoms with Crippen molar-refractivity contribution >= 4 is 27.7 Å². The third-order valence-electron chi connectivity index (χ3n) is 5.78. The van der Waals surface area contributed by atoms with Gasteiger partial charge in [-0.2, -0.15) is 0 Å². The molecule has 7 heteroatoms. The average Bonchev–Trinajstić information content (AvgIpc) is 2.88. The highest BCUT2D eigenvalue weighted by atomic mass is 79.9. The van der Waals surface area contributed by atoms with E-state index in [1.165, 1.54) is 0 Å². The van der Waals surface area contributed by atoms with Gasteiger partial charge in [0, 0.05) is 24.5 Å². The number of carbonyl (C=O) groups excluding carboxylic acids is 2. The first-order valence-electron chi connectivity index (χ1n) is 11.4. The van der Waals surface area contributed by atoms with Gasteiger partial charge >= 0.3 is 0 Å². The molecule has 2 amide bonds. The molecule has 0 saturated carbocycles. The Bertz CT molecular complexity index is 1140. The fourth-order valence-electron chi connectivity index (χ4n) is 3.91. The minimum absolute atomic E-state index is 0.188. The van der Waals surface area contributed by atoms with E-state index < -0.39 is 6.04 Å². The molecule has 0 aliphatic carbocycles. The van der Waals surface area contributed by atoms with Crippen molar-refractivity contribution in [3.8, 4) is 11.5 Å². The Labute approximate surface area is 215 Å². The molecule has 0 radical (unpaired) electrons. The Morgan fingerprint density at radius 2 is 1.60 bits per heavy atom. The summed E-state index contributed by atoms with van der Waals surface area (Å²) < 4.78 is 12.3. The molecule has 184 valence electrons. The first-order chi connectivity index (χ1) is 16.8. The summed E-state index contributed by atoms with van der Waals surface area (Å²) in [6, 6.07) is 20.2. The van der Waals surface area contributed by atoms with Crippen LogP contribution in [-0.4, -0.2) is 43.5 Å². The van der Waals surface area contributed by atoms with Gasteiger partial charge in [0.1, 0.15) is 17.5 Å². The molecule has 0 spiro atoms. The molecule has 0 aliphatic heterocycles. The zero-order chi connectivity index (χ0) is 25.4. The van der Waals surface area contributed by atoms with Gasteiger partial charge in [-0.25, -0.2) is 0 Å². The first kappa shape index (κ1) is 26.3. The van der Waals surface area contributed by atoms with Crippen LogP contribution in [0.5, 0.6) is 11.5 Å². The number of hydrogen-bond donors (Lipinski definition) is 1. The molecule has 1 atom stereocenters. The smallest absolute Gasteiger partial charge is 0.261 e. The molecule has 3 aromatic carbocycles. The van der Waals surface area contributed by atoms with Crippen LogP contribution in [0.4, 0.5) is 0 Å². The highest BCUT2D eigenvalue weighted by Crippen LogP contribution is 2.26. The van der Waals surface area contributed by atoms with Gasteiger partial charge in [0.25, 0.3) is 5.91 Å². The normalized spacial score (nSPS) is 11.5. The number of nitrogens with zero attached hydrogens (tertiary/aromatic N) is 1. The SMILES string of the molecule is CNC(=O)[C@H](Cc1ccccc1)N(Cc1cccc(OC)c1)C(=O)COc1cc(C)c(Br)c(C)c1. The van der Waals surface area contributed by atoms with Crippen molar-refractivity contribution in [2.45, 2.75) is 32.9 Å². The van der Waals surface area contributed by atoms with Crippen LogP contribution in [0.1, 0.15) is 22.3 Å². The van der Waals surface area contributed by atoms with Crippen LogP contribution < -0.4 is 14.8 Å². The molecule has 1 N–H and O–H groups in total.